The van der Waals surface area contributed by atoms with Crippen LogP contribution in [0.25, 0.3) is 11.4 Å². The number of carbonyl (C=O) groups is 1. The fraction of sp³-hybridized carbons (Fsp3) is 0. The lowest BCUT2D eigenvalue weighted by atomic mass is 10.1. The number of aromatic amines is 1. The van der Waals surface area contributed by atoms with Crippen molar-refractivity contribution in [1.29, 1.82) is 0 Å². The lowest BCUT2D eigenvalue weighted by Crippen LogP contribution is -2.10. The van der Waals surface area contributed by atoms with Gasteiger partial charge in [-0.2, -0.15) is 4.98 Å². The van der Waals surface area contributed by atoms with Crippen molar-refractivity contribution < 1.29 is 9.90 Å². The van der Waals surface area contributed by atoms with Gasteiger partial charge in [-0.05, 0) is 12.1 Å². The number of amides is 1. The fourth-order valence-electron chi connectivity index (χ4n) is 1.37. The van der Waals surface area contributed by atoms with Crippen LogP contribution in [0.4, 0.5) is 0 Å². The van der Waals surface area contributed by atoms with E-state index in [-0.39, 0.29) is 11.7 Å². The van der Waals surface area contributed by atoms with Crippen molar-refractivity contribution in [2.75, 3.05) is 0 Å². The second kappa shape index (κ2) is 4.09. The summed E-state index contributed by atoms with van der Waals surface area (Å²) in [5.41, 5.74) is 5.58. The van der Waals surface area contributed by atoms with Crippen LogP contribution >= 0.6 is 0 Å². The summed E-state index contributed by atoms with van der Waals surface area (Å²) < 4.78 is 0. The molecule has 0 aliphatic rings. The molecule has 2 rings (SSSR count). The van der Waals surface area contributed by atoms with E-state index in [1.807, 2.05) is 0 Å². The Morgan fingerprint density at radius 2 is 1.94 bits per heavy atom. The van der Waals surface area contributed by atoms with Gasteiger partial charge in [0.1, 0.15) is 5.82 Å². The number of aromatic hydroxyl groups is 1. The van der Waals surface area contributed by atoms with Crippen LogP contribution in [0.2, 0.25) is 0 Å². The summed E-state index contributed by atoms with van der Waals surface area (Å²) in [4.78, 5) is 28.2. The zero-order valence-corrected chi connectivity index (χ0v) is 8.68. The topological polar surface area (TPSA) is 109 Å². The Morgan fingerprint density at radius 3 is 2.47 bits per heavy atom. The lowest BCUT2D eigenvalue weighted by Gasteiger charge is -2.01. The van der Waals surface area contributed by atoms with E-state index in [9.17, 15) is 14.7 Å². The van der Waals surface area contributed by atoms with Crippen LogP contribution in [0, 0.1) is 0 Å². The first-order chi connectivity index (χ1) is 8.06. The standard InChI is InChI=1S/C11H9N3O3/c12-10(17)6-1-3-7(4-2-6)11-13-8(15)5-9(16)14-11/h1-5H,(H2,12,17)(H2,13,14,15,16). The van der Waals surface area contributed by atoms with E-state index in [4.69, 9.17) is 5.73 Å². The van der Waals surface area contributed by atoms with Gasteiger partial charge in [0.25, 0.3) is 5.56 Å². The molecule has 0 bridgehead atoms. The molecule has 0 saturated heterocycles. The van der Waals surface area contributed by atoms with Gasteiger partial charge in [-0.3, -0.25) is 9.59 Å². The quantitative estimate of drug-likeness (QED) is 0.687. The number of nitrogens with two attached hydrogens (primary N) is 1. The number of nitrogens with one attached hydrogen (secondary N) is 1. The first-order valence-corrected chi connectivity index (χ1v) is 4.77. The maximum atomic E-state index is 11.1. The summed E-state index contributed by atoms with van der Waals surface area (Å²) in [7, 11) is 0. The molecule has 0 atom stereocenters. The number of primary amides is 1. The Labute approximate surface area is 95.7 Å². The number of benzene rings is 1. The van der Waals surface area contributed by atoms with Crippen molar-refractivity contribution in [3.63, 3.8) is 0 Å². The molecule has 0 spiro atoms. The smallest absolute Gasteiger partial charge is 0.254 e. The van der Waals surface area contributed by atoms with Gasteiger partial charge in [-0.15, -0.1) is 0 Å². The van der Waals surface area contributed by atoms with Crippen LogP contribution in [-0.2, 0) is 0 Å². The molecule has 0 saturated carbocycles. The molecule has 0 radical (unpaired) electrons. The minimum absolute atomic E-state index is 0.228. The highest BCUT2D eigenvalue weighted by atomic mass is 16.3. The Morgan fingerprint density at radius 1 is 1.29 bits per heavy atom. The molecule has 2 aromatic rings. The van der Waals surface area contributed by atoms with Crippen LogP contribution in [0.15, 0.2) is 35.1 Å². The number of rotatable bonds is 2. The molecule has 86 valence electrons. The average Bonchev–Trinajstić information content (AvgIpc) is 2.28. The summed E-state index contributed by atoms with van der Waals surface area (Å²) in [6.07, 6.45) is 0. The van der Waals surface area contributed by atoms with E-state index in [2.05, 4.69) is 9.97 Å². The zero-order chi connectivity index (χ0) is 12.4. The van der Waals surface area contributed by atoms with E-state index in [0.29, 0.717) is 11.1 Å². The maximum Gasteiger partial charge on any atom is 0.254 e. The SMILES string of the molecule is NC(=O)c1ccc(-c2nc(O)cc(=O)[nH]2)cc1. The van der Waals surface area contributed by atoms with E-state index in [1.165, 1.54) is 12.1 Å². The van der Waals surface area contributed by atoms with Gasteiger partial charge in [0.2, 0.25) is 11.8 Å². The zero-order valence-electron chi connectivity index (χ0n) is 8.68. The maximum absolute atomic E-state index is 11.1. The van der Waals surface area contributed by atoms with Gasteiger partial charge in [0, 0.05) is 11.1 Å². The molecule has 17 heavy (non-hydrogen) atoms. The Bertz CT molecular complexity index is 617. The molecule has 0 unspecified atom stereocenters. The lowest BCUT2D eigenvalue weighted by molar-refractivity contribution is 0.100. The van der Waals surface area contributed by atoms with Crippen molar-refractivity contribution in [1.82, 2.24) is 9.97 Å². The molecule has 1 heterocycles. The fourth-order valence-corrected chi connectivity index (χ4v) is 1.37. The monoisotopic (exact) mass is 231 g/mol. The number of hydrogen-bond acceptors (Lipinski definition) is 4. The molecule has 4 N–H and O–H groups in total. The number of aromatic nitrogens is 2. The summed E-state index contributed by atoms with van der Waals surface area (Å²) >= 11 is 0. The second-order valence-electron chi connectivity index (χ2n) is 3.39. The van der Waals surface area contributed by atoms with Crippen LogP contribution in [0.5, 0.6) is 5.88 Å². The predicted octanol–water partition coefficient (Wildman–Crippen LogP) is 0.241. The summed E-state index contributed by atoms with van der Waals surface area (Å²) in [5, 5.41) is 9.19. The van der Waals surface area contributed by atoms with Gasteiger partial charge < -0.3 is 15.8 Å². The Hall–Kier alpha value is -2.63. The molecule has 0 fully saturated rings. The highest BCUT2D eigenvalue weighted by Gasteiger charge is 2.05. The summed E-state index contributed by atoms with van der Waals surface area (Å²) in [6, 6.07) is 7.17. The third-order valence-electron chi connectivity index (χ3n) is 2.17. The number of carbonyl (C=O) groups excluding carboxylic acids is 1. The first kappa shape index (κ1) is 10.9. The number of H-pyrrole nitrogens is 1. The van der Waals surface area contributed by atoms with E-state index < -0.39 is 11.5 Å². The van der Waals surface area contributed by atoms with Gasteiger partial charge in [0.05, 0.1) is 6.07 Å². The van der Waals surface area contributed by atoms with E-state index in [1.54, 1.807) is 12.1 Å². The molecule has 1 aromatic carbocycles. The molecule has 6 nitrogen and oxygen atoms in total. The third kappa shape index (κ3) is 2.31. The second-order valence-corrected chi connectivity index (χ2v) is 3.39. The number of nitrogens with zero attached hydrogens (tertiary/aromatic N) is 1. The molecular formula is C11H9N3O3. The van der Waals surface area contributed by atoms with Crippen molar-refractivity contribution in [3.8, 4) is 17.3 Å². The molecule has 1 aromatic heterocycles. The molecule has 6 heteroatoms. The van der Waals surface area contributed by atoms with Crippen molar-refractivity contribution in [3.05, 3.63) is 46.2 Å². The van der Waals surface area contributed by atoms with Gasteiger partial charge >= 0.3 is 0 Å². The average molecular weight is 231 g/mol. The summed E-state index contributed by atoms with van der Waals surface area (Å²) in [5.74, 6) is -0.664. The van der Waals surface area contributed by atoms with Crippen LogP contribution in [-0.4, -0.2) is 21.0 Å². The van der Waals surface area contributed by atoms with Crippen molar-refractivity contribution >= 4 is 5.91 Å². The van der Waals surface area contributed by atoms with Crippen LogP contribution in [0.3, 0.4) is 0 Å². The normalized spacial score (nSPS) is 10.1. The van der Waals surface area contributed by atoms with Gasteiger partial charge in [-0.25, -0.2) is 0 Å². The minimum Gasteiger partial charge on any atom is -0.493 e. The number of hydrogen-bond donors (Lipinski definition) is 3. The molecule has 1 amide bonds. The Kier molecular flexibility index (Phi) is 2.61. The first-order valence-electron chi connectivity index (χ1n) is 4.77. The predicted molar refractivity (Wildman–Crippen MR) is 60.5 cm³/mol. The highest BCUT2D eigenvalue weighted by Crippen LogP contribution is 2.15. The van der Waals surface area contributed by atoms with Gasteiger partial charge in [-0.1, -0.05) is 12.1 Å². The van der Waals surface area contributed by atoms with E-state index >= 15 is 0 Å². The highest BCUT2D eigenvalue weighted by molar-refractivity contribution is 5.93. The van der Waals surface area contributed by atoms with Crippen LogP contribution < -0.4 is 11.3 Å². The molecule has 0 aliphatic carbocycles. The summed E-state index contributed by atoms with van der Waals surface area (Å²) in [6.45, 7) is 0. The Balaban J connectivity index is 2.46. The molecular weight excluding hydrogens is 222 g/mol. The third-order valence-corrected chi connectivity index (χ3v) is 2.17. The largest absolute Gasteiger partial charge is 0.493 e. The van der Waals surface area contributed by atoms with Crippen LogP contribution in [0.1, 0.15) is 10.4 Å². The van der Waals surface area contributed by atoms with Crippen molar-refractivity contribution in [2.24, 2.45) is 5.73 Å². The minimum atomic E-state index is -0.533. The van der Waals surface area contributed by atoms with Crippen molar-refractivity contribution in [2.45, 2.75) is 0 Å². The van der Waals surface area contributed by atoms with Gasteiger partial charge in [0.15, 0.2) is 0 Å². The van der Waals surface area contributed by atoms with E-state index in [0.717, 1.165) is 6.07 Å². The molecule has 0 aliphatic heterocycles.